The maximum atomic E-state index is 2.75. The van der Waals surface area contributed by atoms with Crippen molar-refractivity contribution in [2.24, 2.45) is 0 Å². The Morgan fingerprint density at radius 2 is 1.00 bits per heavy atom. The summed E-state index contributed by atoms with van der Waals surface area (Å²) in [6.45, 7) is 8.00. The van der Waals surface area contributed by atoms with Crippen molar-refractivity contribution in [3.63, 3.8) is 0 Å². The van der Waals surface area contributed by atoms with Crippen molar-refractivity contribution in [1.82, 2.24) is 5.32 Å². The van der Waals surface area contributed by atoms with Gasteiger partial charge in [0.05, 0.1) is 0 Å². The van der Waals surface area contributed by atoms with E-state index in [1.807, 2.05) is 40.1 Å². The maximum absolute atomic E-state index is 2.75. The summed E-state index contributed by atoms with van der Waals surface area (Å²) in [5.74, 6) is 0. The lowest BCUT2D eigenvalue weighted by Crippen LogP contribution is -1.54. The Hall–Kier alpha value is -0.460. The zero-order chi connectivity index (χ0) is 6.12. The topological polar surface area (TPSA) is 21.9 Å². The molecular weight excluding hydrogens is 86.1 g/mol. The maximum Gasteiger partial charge on any atom is 0.0167 e. The number of hydrogen-bond acceptors (Lipinski definition) is 1. The average molecular weight is 101 g/mol. The van der Waals surface area contributed by atoms with E-state index < -0.39 is 0 Å². The molecule has 0 amide bonds. The molecular formula is C6H15N. The van der Waals surface area contributed by atoms with E-state index in [1.165, 1.54) is 0 Å². The van der Waals surface area contributed by atoms with Crippen molar-refractivity contribution < 1.29 is 0 Å². The van der Waals surface area contributed by atoms with Gasteiger partial charge in [0, 0.05) is 12.4 Å². The van der Waals surface area contributed by atoms with Gasteiger partial charge in [-0.15, -0.1) is 0 Å². The quantitative estimate of drug-likeness (QED) is 0.496. The first-order valence-electron chi connectivity index (χ1n) is 2.91. The van der Waals surface area contributed by atoms with Crippen LogP contribution in [0.4, 0.5) is 0 Å². The average Bonchev–Trinajstić information content (AvgIpc) is 2.58. The van der Waals surface area contributed by atoms with Crippen LogP contribution in [0.15, 0.2) is 12.4 Å². The zero-order valence-electron chi connectivity index (χ0n) is 5.65. The number of hydrogen-bond donors (Lipinski definition) is 1. The first kappa shape index (κ1) is 9.74. The lowest BCUT2D eigenvalue weighted by atomic mass is 11.0. The van der Waals surface area contributed by atoms with E-state index in [9.17, 15) is 0 Å². The molecule has 0 aromatic heterocycles. The Balaban J connectivity index is 0. The fraction of sp³-hybridized carbons (Fsp3) is 0.667. The third kappa shape index (κ3) is 238. The molecule has 0 bridgehead atoms. The molecule has 0 aromatic carbocycles. The molecule has 1 aliphatic rings. The van der Waals surface area contributed by atoms with Crippen LogP contribution in [0.1, 0.15) is 27.7 Å². The highest BCUT2D eigenvalue weighted by molar-refractivity contribution is 4.94. The number of nitrogens with one attached hydrogen (secondary N) is 1. The molecule has 1 heteroatoms. The zero-order valence-corrected chi connectivity index (χ0v) is 5.65. The van der Waals surface area contributed by atoms with E-state index in [2.05, 4.69) is 5.32 Å². The highest BCUT2D eigenvalue weighted by Crippen LogP contribution is 1.69. The molecule has 0 saturated heterocycles. The lowest BCUT2D eigenvalue weighted by molar-refractivity contribution is 1.45. The first-order valence-corrected chi connectivity index (χ1v) is 2.91. The van der Waals surface area contributed by atoms with Gasteiger partial charge in [-0.05, 0) is 0 Å². The van der Waals surface area contributed by atoms with Gasteiger partial charge >= 0.3 is 0 Å². The van der Waals surface area contributed by atoms with E-state index in [4.69, 9.17) is 0 Å². The minimum Gasteiger partial charge on any atom is -0.365 e. The van der Waals surface area contributed by atoms with Gasteiger partial charge in [0.15, 0.2) is 0 Å². The predicted octanol–water partition coefficient (Wildman–Crippen LogP) is 2.11. The molecule has 44 valence electrons. The molecule has 0 saturated carbocycles. The summed E-state index contributed by atoms with van der Waals surface area (Å²) in [5, 5.41) is 2.75. The molecule has 1 rings (SSSR count). The van der Waals surface area contributed by atoms with Crippen molar-refractivity contribution in [1.29, 1.82) is 0 Å². The summed E-state index contributed by atoms with van der Waals surface area (Å²) in [7, 11) is 0. The van der Waals surface area contributed by atoms with Gasteiger partial charge in [0.25, 0.3) is 0 Å². The molecule has 1 aliphatic heterocycles. The second-order valence-electron chi connectivity index (χ2n) is 0.500. The molecule has 0 radical (unpaired) electrons. The Morgan fingerprint density at radius 1 is 0.857 bits per heavy atom. The molecule has 1 N–H and O–H groups in total. The van der Waals surface area contributed by atoms with Crippen LogP contribution in [-0.2, 0) is 0 Å². The Morgan fingerprint density at radius 3 is 1.00 bits per heavy atom. The summed E-state index contributed by atoms with van der Waals surface area (Å²) < 4.78 is 0. The molecule has 0 atom stereocenters. The molecule has 0 aromatic rings. The van der Waals surface area contributed by atoms with E-state index >= 15 is 0 Å². The Bertz CT molecular complexity index is 27.2. The fourth-order valence-electron chi connectivity index (χ4n) is 0. The fourth-order valence-corrected chi connectivity index (χ4v) is 0. The Kier molecular flexibility index (Phi) is 24.6. The van der Waals surface area contributed by atoms with Crippen LogP contribution in [0.2, 0.25) is 0 Å². The van der Waals surface area contributed by atoms with Crippen molar-refractivity contribution in [3.8, 4) is 0 Å². The van der Waals surface area contributed by atoms with E-state index in [-0.39, 0.29) is 0 Å². The SMILES string of the molecule is C1=CN1.CC.CC. The standard InChI is InChI=1S/C2H3N.2C2H6/c1-2-3-1;2*1-2/h1-3H;2*1-2H3. The van der Waals surface area contributed by atoms with Crippen molar-refractivity contribution in [3.05, 3.63) is 12.4 Å². The predicted molar refractivity (Wildman–Crippen MR) is 35.0 cm³/mol. The van der Waals surface area contributed by atoms with Crippen LogP contribution >= 0.6 is 0 Å². The molecule has 7 heavy (non-hydrogen) atoms. The second-order valence-corrected chi connectivity index (χ2v) is 0.500. The van der Waals surface area contributed by atoms with Crippen LogP contribution in [0, 0.1) is 0 Å². The summed E-state index contributed by atoms with van der Waals surface area (Å²) in [5.41, 5.74) is 0. The van der Waals surface area contributed by atoms with Crippen molar-refractivity contribution in [2.45, 2.75) is 27.7 Å². The van der Waals surface area contributed by atoms with Gasteiger partial charge in [0.1, 0.15) is 0 Å². The third-order valence-electron chi connectivity index (χ3n) is 0.167. The van der Waals surface area contributed by atoms with Crippen LogP contribution in [0.5, 0.6) is 0 Å². The molecule has 0 spiro atoms. The summed E-state index contributed by atoms with van der Waals surface area (Å²) in [6, 6.07) is 0. The van der Waals surface area contributed by atoms with Gasteiger partial charge in [-0.25, -0.2) is 0 Å². The van der Waals surface area contributed by atoms with Crippen LogP contribution in [-0.4, -0.2) is 0 Å². The van der Waals surface area contributed by atoms with Crippen LogP contribution < -0.4 is 5.32 Å². The first-order chi connectivity index (χ1) is 3.50. The van der Waals surface area contributed by atoms with Crippen LogP contribution in [0.3, 0.4) is 0 Å². The minimum absolute atomic E-state index is 1.88. The normalized spacial score (nSPS) is 8.57. The number of rotatable bonds is 0. The van der Waals surface area contributed by atoms with E-state index in [0.29, 0.717) is 0 Å². The monoisotopic (exact) mass is 101 g/mol. The largest absolute Gasteiger partial charge is 0.365 e. The lowest BCUT2D eigenvalue weighted by Gasteiger charge is -1.34. The molecule has 0 fully saturated rings. The highest BCUT2D eigenvalue weighted by atomic mass is 14.9. The van der Waals surface area contributed by atoms with Crippen LogP contribution in [0.25, 0.3) is 0 Å². The minimum atomic E-state index is 1.88. The van der Waals surface area contributed by atoms with Gasteiger partial charge in [-0.2, -0.15) is 0 Å². The van der Waals surface area contributed by atoms with Gasteiger partial charge in [0.2, 0.25) is 0 Å². The summed E-state index contributed by atoms with van der Waals surface area (Å²) >= 11 is 0. The van der Waals surface area contributed by atoms with Gasteiger partial charge in [-0.1, -0.05) is 27.7 Å². The highest BCUT2D eigenvalue weighted by Gasteiger charge is 1.69. The smallest absolute Gasteiger partial charge is 0.0167 e. The third-order valence-corrected chi connectivity index (χ3v) is 0.167. The van der Waals surface area contributed by atoms with E-state index in [0.717, 1.165) is 0 Å². The van der Waals surface area contributed by atoms with Crippen molar-refractivity contribution in [2.75, 3.05) is 0 Å². The van der Waals surface area contributed by atoms with Gasteiger partial charge < -0.3 is 5.32 Å². The molecule has 1 heterocycles. The van der Waals surface area contributed by atoms with E-state index in [1.54, 1.807) is 0 Å². The Labute approximate surface area is 46.4 Å². The second kappa shape index (κ2) is 17.7. The summed E-state index contributed by atoms with van der Waals surface area (Å²) in [4.78, 5) is 0. The van der Waals surface area contributed by atoms with Crippen molar-refractivity contribution >= 4 is 0 Å². The summed E-state index contributed by atoms with van der Waals surface area (Å²) in [6.07, 6.45) is 3.75. The van der Waals surface area contributed by atoms with Gasteiger partial charge in [-0.3, -0.25) is 0 Å². The molecule has 1 nitrogen and oxygen atoms in total. The molecule has 0 aliphatic carbocycles. The molecule has 0 unspecified atom stereocenters.